The van der Waals surface area contributed by atoms with E-state index >= 15 is 0 Å². The Kier molecular flexibility index (Phi) is 10.00. The van der Waals surface area contributed by atoms with E-state index in [1.54, 1.807) is 14.2 Å². The van der Waals surface area contributed by atoms with Crippen molar-refractivity contribution in [3.05, 3.63) is 53.6 Å². The van der Waals surface area contributed by atoms with Gasteiger partial charge < -0.3 is 29.7 Å². The first-order valence-electron chi connectivity index (χ1n) is 10.9. The van der Waals surface area contributed by atoms with Crippen LogP contribution in [0.1, 0.15) is 37.3 Å². The van der Waals surface area contributed by atoms with Crippen LogP contribution in [0, 0.1) is 0 Å². The molecule has 8 heteroatoms. The van der Waals surface area contributed by atoms with Crippen molar-refractivity contribution in [2.24, 2.45) is 0 Å². The minimum absolute atomic E-state index is 0.407. The van der Waals surface area contributed by atoms with Crippen molar-refractivity contribution in [1.29, 1.82) is 0 Å². The summed E-state index contributed by atoms with van der Waals surface area (Å²) in [6, 6.07) is 13.7. The standard InChI is InChI=1S/C25H33NO7/c1-25(24(29)30,17-23(27)28)26-14-4-6-18-8-11-20(12-9-18)33-15-5-7-19-10-13-21(31-2)22(16-19)32-3/h8-13,16,26H,4-7,14-15,17H2,1-3H3,(H,27,28)(H,29,30)/t25-/m0/s1. The second-order valence-electron chi connectivity index (χ2n) is 8.02. The van der Waals surface area contributed by atoms with E-state index in [9.17, 15) is 14.7 Å². The second kappa shape index (κ2) is 12.7. The molecule has 180 valence electrons. The fourth-order valence-corrected chi connectivity index (χ4v) is 3.43. The van der Waals surface area contributed by atoms with Gasteiger partial charge in [0.25, 0.3) is 0 Å². The number of methoxy groups -OCH3 is 2. The van der Waals surface area contributed by atoms with Crippen LogP contribution in [0.15, 0.2) is 42.5 Å². The van der Waals surface area contributed by atoms with Gasteiger partial charge in [-0.15, -0.1) is 0 Å². The van der Waals surface area contributed by atoms with E-state index in [1.807, 2.05) is 42.5 Å². The molecule has 0 saturated carbocycles. The first kappa shape index (κ1) is 26.0. The molecule has 8 nitrogen and oxygen atoms in total. The zero-order valence-corrected chi connectivity index (χ0v) is 19.4. The third kappa shape index (κ3) is 8.31. The summed E-state index contributed by atoms with van der Waals surface area (Å²) >= 11 is 0. The van der Waals surface area contributed by atoms with Gasteiger partial charge in [-0.3, -0.25) is 9.59 Å². The Hall–Kier alpha value is -3.26. The molecule has 1 atom stereocenters. The van der Waals surface area contributed by atoms with Crippen LogP contribution in [0.3, 0.4) is 0 Å². The fourth-order valence-electron chi connectivity index (χ4n) is 3.43. The first-order chi connectivity index (χ1) is 15.8. The van der Waals surface area contributed by atoms with Crippen molar-refractivity contribution in [2.45, 2.75) is 44.6 Å². The van der Waals surface area contributed by atoms with Gasteiger partial charge in [0, 0.05) is 0 Å². The highest BCUT2D eigenvalue weighted by molar-refractivity contribution is 5.84. The monoisotopic (exact) mass is 459 g/mol. The van der Waals surface area contributed by atoms with Crippen LogP contribution in [0.5, 0.6) is 17.2 Å². The Morgan fingerprint density at radius 1 is 0.909 bits per heavy atom. The molecule has 0 saturated heterocycles. The molecule has 0 radical (unpaired) electrons. The number of aliphatic carboxylic acids is 2. The van der Waals surface area contributed by atoms with Crippen molar-refractivity contribution in [3.63, 3.8) is 0 Å². The highest BCUT2D eigenvalue weighted by Gasteiger charge is 2.34. The maximum atomic E-state index is 11.4. The van der Waals surface area contributed by atoms with E-state index in [0.717, 1.165) is 41.9 Å². The van der Waals surface area contributed by atoms with Crippen LogP contribution < -0.4 is 19.5 Å². The van der Waals surface area contributed by atoms with E-state index in [4.69, 9.17) is 19.3 Å². The Labute approximate surface area is 194 Å². The summed E-state index contributed by atoms with van der Waals surface area (Å²) in [5.74, 6) is -0.0888. The average molecular weight is 460 g/mol. The summed E-state index contributed by atoms with van der Waals surface area (Å²) < 4.78 is 16.4. The van der Waals surface area contributed by atoms with Gasteiger partial charge in [-0.1, -0.05) is 18.2 Å². The van der Waals surface area contributed by atoms with Gasteiger partial charge in [-0.2, -0.15) is 0 Å². The third-order valence-electron chi connectivity index (χ3n) is 5.38. The van der Waals surface area contributed by atoms with E-state index in [-0.39, 0.29) is 0 Å². The molecule has 2 aromatic rings. The predicted octanol–water partition coefficient (Wildman–Crippen LogP) is 3.56. The maximum Gasteiger partial charge on any atom is 0.324 e. The number of benzene rings is 2. The fraction of sp³-hybridized carbons (Fsp3) is 0.440. The molecular formula is C25H33NO7. The van der Waals surface area contributed by atoms with Gasteiger partial charge >= 0.3 is 11.9 Å². The van der Waals surface area contributed by atoms with E-state index in [2.05, 4.69) is 5.32 Å². The molecule has 2 rings (SSSR count). The van der Waals surface area contributed by atoms with Crippen molar-refractivity contribution in [2.75, 3.05) is 27.4 Å². The summed E-state index contributed by atoms with van der Waals surface area (Å²) in [5, 5.41) is 21.0. The van der Waals surface area contributed by atoms with Gasteiger partial charge in [-0.05, 0) is 74.5 Å². The normalized spacial score (nSPS) is 12.6. The number of nitrogens with one attached hydrogen (secondary N) is 1. The lowest BCUT2D eigenvalue weighted by Gasteiger charge is -2.24. The van der Waals surface area contributed by atoms with E-state index in [0.29, 0.717) is 25.3 Å². The smallest absolute Gasteiger partial charge is 0.324 e. The minimum atomic E-state index is -1.47. The summed E-state index contributed by atoms with van der Waals surface area (Å²) in [5.41, 5.74) is 0.785. The van der Waals surface area contributed by atoms with Gasteiger partial charge in [0.15, 0.2) is 11.5 Å². The summed E-state index contributed by atoms with van der Waals surface area (Å²) in [6.07, 6.45) is 2.69. The van der Waals surface area contributed by atoms with Gasteiger partial charge in [-0.25, -0.2) is 0 Å². The Morgan fingerprint density at radius 3 is 2.15 bits per heavy atom. The quantitative estimate of drug-likeness (QED) is 0.347. The maximum absolute atomic E-state index is 11.4. The molecule has 0 amide bonds. The van der Waals surface area contributed by atoms with Crippen LogP contribution in [0.4, 0.5) is 0 Å². The summed E-state index contributed by atoms with van der Waals surface area (Å²) in [7, 11) is 3.24. The van der Waals surface area contributed by atoms with E-state index in [1.165, 1.54) is 6.92 Å². The Balaban J connectivity index is 1.71. The highest BCUT2D eigenvalue weighted by Crippen LogP contribution is 2.28. The van der Waals surface area contributed by atoms with Gasteiger partial charge in [0.05, 0.1) is 27.2 Å². The molecule has 0 unspecified atom stereocenters. The van der Waals surface area contributed by atoms with E-state index < -0.39 is 23.9 Å². The third-order valence-corrected chi connectivity index (χ3v) is 5.38. The molecule has 0 aliphatic heterocycles. The number of carboxylic acids is 2. The van der Waals surface area contributed by atoms with Crippen molar-refractivity contribution < 1.29 is 34.0 Å². The zero-order chi connectivity index (χ0) is 24.3. The molecule has 0 spiro atoms. The topological polar surface area (TPSA) is 114 Å². The largest absolute Gasteiger partial charge is 0.494 e. The SMILES string of the molecule is COc1ccc(CCCOc2ccc(CCCN[C@@](C)(CC(=O)O)C(=O)O)cc2)cc1OC. The number of carboxylic acid groups (broad SMARTS) is 2. The van der Waals surface area contributed by atoms with Gasteiger partial charge in [0.2, 0.25) is 0 Å². The van der Waals surface area contributed by atoms with Gasteiger partial charge in [0.1, 0.15) is 11.3 Å². The predicted molar refractivity (Wildman–Crippen MR) is 124 cm³/mol. The van der Waals surface area contributed by atoms with Crippen LogP contribution in [0.25, 0.3) is 0 Å². The lowest BCUT2D eigenvalue weighted by Crippen LogP contribution is -2.51. The van der Waals surface area contributed by atoms with Crippen molar-refractivity contribution in [1.82, 2.24) is 5.32 Å². The number of rotatable bonds is 15. The molecule has 2 aromatic carbocycles. The average Bonchev–Trinajstić information content (AvgIpc) is 2.79. The zero-order valence-electron chi connectivity index (χ0n) is 19.4. The lowest BCUT2D eigenvalue weighted by atomic mass is 9.97. The minimum Gasteiger partial charge on any atom is -0.494 e. The number of hydrogen-bond donors (Lipinski definition) is 3. The molecular weight excluding hydrogens is 426 g/mol. The number of carbonyl (C=O) groups is 2. The Morgan fingerprint density at radius 2 is 1.55 bits per heavy atom. The van der Waals surface area contributed by atoms with Crippen molar-refractivity contribution >= 4 is 11.9 Å². The first-order valence-corrected chi connectivity index (χ1v) is 10.9. The molecule has 0 fully saturated rings. The van der Waals surface area contributed by atoms with Crippen LogP contribution >= 0.6 is 0 Å². The van der Waals surface area contributed by atoms with Crippen molar-refractivity contribution in [3.8, 4) is 17.2 Å². The van der Waals surface area contributed by atoms with Crippen LogP contribution in [-0.2, 0) is 22.4 Å². The summed E-state index contributed by atoms with van der Waals surface area (Å²) in [4.78, 5) is 22.2. The van der Waals surface area contributed by atoms with Crippen LogP contribution in [0.2, 0.25) is 0 Å². The molecule has 0 bridgehead atoms. The second-order valence-corrected chi connectivity index (χ2v) is 8.02. The molecule has 0 aliphatic rings. The lowest BCUT2D eigenvalue weighted by molar-refractivity contribution is -0.150. The summed E-state index contributed by atoms with van der Waals surface area (Å²) in [6.45, 7) is 2.39. The molecule has 3 N–H and O–H groups in total. The van der Waals surface area contributed by atoms with Crippen LogP contribution in [-0.4, -0.2) is 55.1 Å². The Bertz CT molecular complexity index is 913. The molecule has 0 aliphatic carbocycles. The molecule has 33 heavy (non-hydrogen) atoms. The number of aryl methyl sites for hydroxylation is 2. The highest BCUT2D eigenvalue weighted by atomic mass is 16.5. The molecule has 0 heterocycles. The number of ether oxygens (including phenoxy) is 3. The molecule has 0 aromatic heterocycles. The number of hydrogen-bond acceptors (Lipinski definition) is 6.